The maximum Gasteiger partial charge on any atom is 0.253 e. The van der Waals surface area contributed by atoms with Gasteiger partial charge in [-0.1, -0.05) is 17.9 Å². The summed E-state index contributed by atoms with van der Waals surface area (Å²) < 4.78 is 1.76. The van der Waals surface area contributed by atoms with Gasteiger partial charge in [0.25, 0.3) is 5.91 Å². The second-order valence-corrected chi connectivity index (χ2v) is 6.84. The molecule has 0 aliphatic heterocycles. The van der Waals surface area contributed by atoms with Crippen molar-refractivity contribution in [3.05, 3.63) is 71.3 Å². The first-order valence-corrected chi connectivity index (χ1v) is 8.76. The van der Waals surface area contributed by atoms with Crippen LogP contribution >= 0.6 is 0 Å². The lowest BCUT2D eigenvalue weighted by molar-refractivity contribution is -0.111. The number of imidazole rings is 1. The minimum atomic E-state index is -1.47. The van der Waals surface area contributed by atoms with Crippen molar-refractivity contribution in [2.75, 3.05) is 14.1 Å². The Morgan fingerprint density at radius 1 is 1.39 bits per heavy atom. The van der Waals surface area contributed by atoms with E-state index in [1.54, 1.807) is 61.4 Å². The number of amides is 1. The summed E-state index contributed by atoms with van der Waals surface area (Å²) in [5, 5.41) is 10.9. The second-order valence-electron chi connectivity index (χ2n) is 6.84. The van der Waals surface area contributed by atoms with Crippen molar-refractivity contribution in [1.82, 2.24) is 14.5 Å². The Bertz CT molecular complexity index is 1050. The van der Waals surface area contributed by atoms with Gasteiger partial charge in [0, 0.05) is 56.7 Å². The summed E-state index contributed by atoms with van der Waals surface area (Å²) in [5.41, 5.74) is -0.0127. The number of rotatable bonds is 3. The Morgan fingerprint density at radius 2 is 2.18 bits per heavy atom. The molecule has 1 aromatic heterocycles. The van der Waals surface area contributed by atoms with Gasteiger partial charge in [0.15, 0.2) is 5.78 Å². The highest BCUT2D eigenvalue weighted by atomic mass is 16.3. The summed E-state index contributed by atoms with van der Waals surface area (Å²) in [7, 11) is 5.19. The Hall–Kier alpha value is -3.43. The van der Waals surface area contributed by atoms with E-state index in [-0.39, 0.29) is 23.7 Å². The Morgan fingerprint density at radius 3 is 2.86 bits per heavy atom. The van der Waals surface area contributed by atoms with Gasteiger partial charge >= 0.3 is 0 Å². The van der Waals surface area contributed by atoms with Gasteiger partial charge in [-0.15, -0.1) is 0 Å². The SMILES string of the molecule is CN(C)C(=O)c1cccc(C#CCC2(O)C=CC(=O)/C2=C/c2nccn2C)c1. The van der Waals surface area contributed by atoms with E-state index in [0.717, 1.165) is 0 Å². The summed E-state index contributed by atoms with van der Waals surface area (Å²) in [6.07, 6.45) is 7.84. The Kier molecular flexibility index (Phi) is 5.30. The average molecular weight is 375 g/mol. The lowest BCUT2D eigenvalue weighted by atomic mass is 9.92. The Balaban J connectivity index is 1.83. The molecule has 1 N–H and O–H groups in total. The van der Waals surface area contributed by atoms with Crippen LogP contribution in [0.5, 0.6) is 0 Å². The fourth-order valence-corrected chi connectivity index (χ4v) is 2.87. The second kappa shape index (κ2) is 7.67. The van der Waals surface area contributed by atoms with Crippen LogP contribution in [-0.4, -0.2) is 50.9 Å². The predicted molar refractivity (Wildman–Crippen MR) is 106 cm³/mol. The smallest absolute Gasteiger partial charge is 0.253 e. The zero-order valence-electron chi connectivity index (χ0n) is 16.0. The van der Waals surface area contributed by atoms with Crippen molar-refractivity contribution in [1.29, 1.82) is 0 Å². The molecule has 1 aromatic carbocycles. The molecular formula is C22H21N3O3. The molecular weight excluding hydrogens is 354 g/mol. The van der Waals surface area contributed by atoms with Crippen LogP contribution in [0.25, 0.3) is 6.08 Å². The molecule has 1 aliphatic carbocycles. The predicted octanol–water partition coefficient (Wildman–Crippen LogP) is 1.82. The van der Waals surface area contributed by atoms with Crippen LogP contribution in [0.4, 0.5) is 0 Å². The normalized spacial score (nSPS) is 19.6. The zero-order valence-corrected chi connectivity index (χ0v) is 16.0. The first-order chi connectivity index (χ1) is 13.3. The molecule has 0 saturated heterocycles. The maximum absolute atomic E-state index is 12.2. The molecule has 1 atom stereocenters. The van der Waals surface area contributed by atoms with Crippen LogP contribution in [0.1, 0.15) is 28.2 Å². The third-order valence-electron chi connectivity index (χ3n) is 4.48. The zero-order chi connectivity index (χ0) is 20.3. The van der Waals surface area contributed by atoms with E-state index in [2.05, 4.69) is 16.8 Å². The molecule has 0 bridgehead atoms. The van der Waals surface area contributed by atoms with Crippen molar-refractivity contribution in [2.24, 2.45) is 7.05 Å². The number of nitrogens with zero attached hydrogens (tertiary/aromatic N) is 3. The molecule has 0 radical (unpaired) electrons. The van der Waals surface area contributed by atoms with Crippen molar-refractivity contribution < 1.29 is 14.7 Å². The molecule has 0 spiro atoms. The van der Waals surface area contributed by atoms with Crippen molar-refractivity contribution in [3.8, 4) is 11.8 Å². The summed E-state index contributed by atoms with van der Waals surface area (Å²) >= 11 is 0. The highest BCUT2D eigenvalue weighted by Gasteiger charge is 2.36. The third-order valence-corrected chi connectivity index (χ3v) is 4.48. The number of benzene rings is 1. The maximum atomic E-state index is 12.2. The number of hydrogen-bond donors (Lipinski definition) is 1. The van der Waals surface area contributed by atoms with Gasteiger partial charge < -0.3 is 14.6 Å². The summed E-state index contributed by atoms with van der Waals surface area (Å²) in [6.45, 7) is 0. The van der Waals surface area contributed by atoms with Gasteiger partial charge in [0.05, 0.1) is 0 Å². The van der Waals surface area contributed by atoms with Gasteiger partial charge in [-0.25, -0.2) is 4.98 Å². The van der Waals surface area contributed by atoms with E-state index in [1.165, 1.54) is 17.1 Å². The van der Waals surface area contributed by atoms with E-state index < -0.39 is 5.60 Å². The lowest BCUT2D eigenvalue weighted by Gasteiger charge is -2.19. The van der Waals surface area contributed by atoms with Gasteiger partial charge in [-0.05, 0) is 36.4 Å². The highest BCUT2D eigenvalue weighted by Crippen LogP contribution is 2.30. The minimum absolute atomic E-state index is 0.0529. The number of carbonyl (C=O) groups excluding carboxylic acids is 2. The first-order valence-electron chi connectivity index (χ1n) is 8.76. The van der Waals surface area contributed by atoms with E-state index in [1.807, 2.05) is 7.05 Å². The molecule has 2 aromatic rings. The Labute approximate surface area is 163 Å². The van der Waals surface area contributed by atoms with Gasteiger partial charge in [-0.3, -0.25) is 9.59 Å². The van der Waals surface area contributed by atoms with Crippen LogP contribution in [-0.2, 0) is 11.8 Å². The number of hydrogen-bond acceptors (Lipinski definition) is 4. The fraction of sp³-hybridized carbons (Fsp3) is 0.227. The van der Waals surface area contributed by atoms with E-state index in [0.29, 0.717) is 17.0 Å². The largest absolute Gasteiger partial charge is 0.380 e. The number of aromatic nitrogens is 2. The van der Waals surface area contributed by atoms with Gasteiger partial charge in [0.1, 0.15) is 11.4 Å². The van der Waals surface area contributed by atoms with Crippen LogP contribution in [0.3, 0.4) is 0 Å². The van der Waals surface area contributed by atoms with Gasteiger partial charge in [0.2, 0.25) is 0 Å². The topological polar surface area (TPSA) is 75.4 Å². The molecule has 6 nitrogen and oxygen atoms in total. The van der Waals surface area contributed by atoms with Crippen molar-refractivity contribution >= 4 is 17.8 Å². The number of aryl methyl sites for hydroxylation is 1. The molecule has 1 amide bonds. The van der Waals surface area contributed by atoms with Gasteiger partial charge in [-0.2, -0.15) is 0 Å². The molecule has 1 unspecified atom stereocenters. The monoisotopic (exact) mass is 375 g/mol. The molecule has 0 fully saturated rings. The third kappa shape index (κ3) is 3.95. The molecule has 28 heavy (non-hydrogen) atoms. The quantitative estimate of drug-likeness (QED) is 0.656. The van der Waals surface area contributed by atoms with Crippen LogP contribution in [0.15, 0.2) is 54.4 Å². The van der Waals surface area contributed by atoms with E-state index in [4.69, 9.17) is 0 Å². The van der Waals surface area contributed by atoms with Crippen molar-refractivity contribution in [2.45, 2.75) is 12.0 Å². The molecule has 1 heterocycles. The van der Waals surface area contributed by atoms with Crippen LogP contribution < -0.4 is 0 Å². The number of aliphatic hydroxyl groups is 1. The van der Waals surface area contributed by atoms with Crippen molar-refractivity contribution in [3.63, 3.8) is 0 Å². The number of allylic oxidation sites excluding steroid dienone is 1. The minimum Gasteiger partial charge on any atom is -0.380 e. The molecule has 142 valence electrons. The summed E-state index contributed by atoms with van der Waals surface area (Å²) in [6, 6.07) is 7.00. The highest BCUT2D eigenvalue weighted by molar-refractivity contribution is 6.11. The fourth-order valence-electron chi connectivity index (χ4n) is 2.87. The summed E-state index contributed by atoms with van der Waals surface area (Å²) in [5.74, 6) is 6.10. The van der Waals surface area contributed by atoms with Crippen LogP contribution in [0, 0.1) is 11.8 Å². The average Bonchev–Trinajstić information content (AvgIpc) is 3.20. The molecule has 0 saturated carbocycles. The van der Waals surface area contributed by atoms with E-state index in [9.17, 15) is 14.7 Å². The number of carbonyl (C=O) groups is 2. The summed E-state index contributed by atoms with van der Waals surface area (Å²) in [4.78, 5) is 29.9. The van der Waals surface area contributed by atoms with E-state index >= 15 is 0 Å². The molecule has 6 heteroatoms. The molecule has 3 rings (SSSR count). The molecule has 1 aliphatic rings. The standard InChI is InChI=1S/C22H21N3O3/c1-24(2)21(27)17-8-4-6-16(14-17)7-5-10-22(28)11-9-19(26)18(22)15-20-23-12-13-25(20)3/h4,6,8-9,11-15,28H,10H2,1-3H3/b18-15-. The lowest BCUT2D eigenvalue weighted by Crippen LogP contribution is -2.27. The van der Waals surface area contributed by atoms with Crippen LogP contribution in [0.2, 0.25) is 0 Å². The first kappa shape index (κ1) is 19.3. The number of ketones is 1.